The van der Waals surface area contributed by atoms with Crippen LogP contribution in [0.25, 0.3) is 0 Å². The summed E-state index contributed by atoms with van der Waals surface area (Å²) in [5.74, 6) is 0.723. The lowest BCUT2D eigenvalue weighted by Crippen LogP contribution is -2.49. The number of ether oxygens (including phenoxy) is 1. The highest BCUT2D eigenvalue weighted by Crippen LogP contribution is 2.34. The van der Waals surface area contributed by atoms with Crippen molar-refractivity contribution in [2.45, 2.75) is 26.3 Å². The van der Waals surface area contributed by atoms with E-state index in [9.17, 15) is 9.59 Å². The van der Waals surface area contributed by atoms with Crippen LogP contribution in [0.4, 0.5) is 5.69 Å². The number of aromatic nitrogens is 2. The van der Waals surface area contributed by atoms with Crippen molar-refractivity contribution in [1.82, 2.24) is 15.5 Å². The molecule has 0 spiro atoms. The molecule has 0 saturated carbocycles. The maximum atomic E-state index is 12.5. The maximum Gasteiger partial charge on any atom is 0.265 e. The Morgan fingerprint density at radius 1 is 1.44 bits per heavy atom. The molecule has 0 fully saturated rings. The van der Waals surface area contributed by atoms with Crippen LogP contribution < -0.4 is 15.0 Å². The van der Waals surface area contributed by atoms with E-state index in [1.165, 1.54) is 4.90 Å². The van der Waals surface area contributed by atoms with Gasteiger partial charge in [-0.2, -0.15) is 4.98 Å². The minimum atomic E-state index is -0.827. The molecule has 3 rings (SSSR count). The summed E-state index contributed by atoms with van der Waals surface area (Å²) in [6, 6.07) is 5.29. The Balaban J connectivity index is 1.76. The van der Waals surface area contributed by atoms with E-state index in [2.05, 4.69) is 31.4 Å². The van der Waals surface area contributed by atoms with Crippen molar-refractivity contribution in [2.24, 2.45) is 0 Å². The second-order valence-electron chi connectivity index (χ2n) is 6.19. The van der Waals surface area contributed by atoms with Crippen LogP contribution in [0.2, 0.25) is 0 Å². The van der Waals surface area contributed by atoms with E-state index in [4.69, 9.17) is 9.26 Å². The second kappa shape index (κ2) is 6.47. The van der Waals surface area contributed by atoms with Crippen molar-refractivity contribution in [3.63, 3.8) is 0 Å². The molecule has 0 radical (unpaired) electrons. The Hall–Kier alpha value is -2.42. The van der Waals surface area contributed by atoms with Crippen LogP contribution in [-0.2, 0) is 15.1 Å². The monoisotopic (exact) mass is 408 g/mol. The molecule has 0 unspecified atom stereocenters. The van der Waals surface area contributed by atoms with Gasteiger partial charge in [-0.25, -0.2) is 0 Å². The molecule has 1 aliphatic rings. The molecule has 2 amide bonds. The van der Waals surface area contributed by atoms with Gasteiger partial charge in [-0.15, -0.1) is 0 Å². The number of rotatable bonds is 4. The molecule has 1 aromatic carbocycles. The fraction of sp³-hybridized carbons (Fsp3) is 0.375. The number of anilines is 1. The first-order chi connectivity index (χ1) is 11.8. The summed E-state index contributed by atoms with van der Waals surface area (Å²) in [6.07, 6.45) is 0. The highest BCUT2D eigenvalue weighted by Gasteiger charge is 2.32. The normalized spacial score (nSPS) is 14.1. The standard InChI is InChI=1S/C16H17BrN4O4/c1-9-18-15(20-25-9)16(2,3)19-13(22)7-21-11-5-4-10(17)6-12(11)24-8-14(21)23/h4-6H,7-8H2,1-3H3,(H,19,22). The van der Waals surface area contributed by atoms with Crippen LogP contribution in [-0.4, -0.2) is 35.1 Å². The third-order valence-electron chi connectivity index (χ3n) is 3.71. The number of nitrogens with zero attached hydrogens (tertiary/aromatic N) is 3. The van der Waals surface area contributed by atoms with E-state index in [1.807, 2.05) is 0 Å². The van der Waals surface area contributed by atoms with Gasteiger partial charge < -0.3 is 14.6 Å². The summed E-state index contributed by atoms with van der Waals surface area (Å²) in [5, 5.41) is 6.67. The third kappa shape index (κ3) is 3.65. The van der Waals surface area contributed by atoms with Crippen molar-refractivity contribution in [3.05, 3.63) is 34.4 Å². The minimum Gasteiger partial charge on any atom is -0.482 e. The van der Waals surface area contributed by atoms with Crippen LogP contribution in [0.1, 0.15) is 25.6 Å². The summed E-state index contributed by atoms with van der Waals surface area (Å²) >= 11 is 3.36. The number of fused-ring (bicyclic) bond motifs is 1. The minimum absolute atomic E-state index is 0.107. The quantitative estimate of drug-likeness (QED) is 0.829. The van der Waals surface area contributed by atoms with Gasteiger partial charge in [0.15, 0.2) is 12.4 Å². The predicted octanol–water partition coefficient (Wildman–Crippen LogP) is 1.92. The van der Waals surface area contributed by atoms with Crippen LogP contribution in [0.5, 0.6) is 5.75 Å². The van der Waals surface area contributed by atoms with Crippen LogP contribution in [0.3, 0.4) is 0 Å². The summed E-state index contributed by atoms with van der Waals surface area (Å²) in [7, 11) is 0. The Kier molecular flexibility index (Phi) is 4.51. The van der Waals surface area contributed by atoms with Crippen molar-refractivity contribution < 1.29 is 18.8 Å². The lowest BCUT2D eigenvalue weighted by atomic mass is 10.0. The lowest BCUT2D eigenvalue weighted by molar-refractivity contribution is -0.126. The molecule has 132 valence electrons. The van der Waals surface area contributed by atoms with Crippen molar-refractivity contribution in [3.8, 4) is 5.75 Å². The van der Waals surface area contributed by atoms with Gasteiger partial charge in [-0.3, -0.25) is 14.5 Å². The van der Waals surface area contributed by atoms with E-state index in [0.717, 1.165) is 4.47 Å². The number of benzene rings is 1. The number of hydrogen-bond acceptors (Lipinski definition) is 6. The number of hydrogen-bond donors (Lipinski definition) is 1. The first-order valence-electron chi connectivity index (χ1n) is 7.61. The molecular weight excluding hydrogens is 392 g/mol. The van der Waals surface area contributed by atoms with Crippen molar-refractivity contribution in [2.75, 3.05) is 18.1 Å². The number of nitrogens with one attached hydrogen (secondary N) is 1. The average molecular weight is 409 g/mol. The summed E-state index contributed by atoms with van der Waals surface area (Å²) in [6.45, 7) is 4.97. The van der Waals surface area contributed by atoms with E-state index in [0.29, 0.717) is 23.2 Å². The van der Waals surface area contributed by atoms with Gasteiger partial charge in [-0.05, 0) is 32.0 Å². The highest BCUT2D eigenvalue weighted by molar-refractivity contribution is 9.10. The Bertz CT molecular complexity index is 833. The van der Waals surface area contributed by atoms with E-state index < -0.39 is 5.54 Å². The Morgan fingerprint density at radius 2 is 2.20 bits per heavy atom. The molecule has 1 aliphatic heterocycles. The number of amides is 2. The van der Waals surface area contributed by atoms with Crippen LogP contribution in [0, 0.1) is 6.92 Å². The third-order valence-corrected chi connectivity index (χ3v) is 4.20. The molecule has 1 aromatic heterocycles. The van der Waals surface area contributed by atoms with E-state index in [1.54, 1.807) is 39.0 Å². The molecule has 0 saturated heterocycles. The molecule has 2 aromatic rings. The number of aryl methyl sites for hydroxylation is 1. The largest absolute Gasteiger partial charge is 0.482 e. The Morgan fingerprint density at radius 3 is 2.88 bits per heavy atom. The fourth-order valence-corrected chi connectivity index (χ4v) is 2.83. The molecule has 8 nitrogen and oxygen atoms in total. The number of halogens is 1. The van der Waals surface area contributed by atoms with Gasteiger partial charge in [-0.1, -0.05) is 21.1 Å². The van der Waals surface area contributed by atoms with Gasteiger partial charge in [0.2, 0.25) is 11.8 Å². The molecule has 0 bridgehead atoms. The second-order valence-corrected chi connectivity index (χ2v) is 7.11. The smallest absolute Gasteiger partial charge is 0.265 e. The summed E-state index contributed by atoms with van der Waals surface area (Å²) in [5.41, 5.74) is -0.269. The molecule has 1 N–H and O–H groups in total. The number of carbonyl (C=O) groups excluding carboxylic acids is 2. The zero-order valence-corrected chi connectivity index (χ0v) is 15.6. The molecular formula is C16H17BrN4O4. The van der Waals surface area contributed by atoms with Crippen LogP contribution in [0.15, 0.2) is 27.2 Å². The highest BCUT2D eigenvalue weighted by atomic mass is 79.9. The van der Waals surface area contributed by atoms with Crippen molar-refractivity contribution >= 4 is 33.4 Å². The topological polar surface area (TPSA) is 97.6 Å². The van der Waals surface area contributed by atoms with Gasteiger partial charge in [0.05, 0.1) is 11.2 Å². The van der Waals surface area contributed by atoms with E-state index >= 15 is 0 Å². The number of carbonyl (C=O) groups is 2. The van der Waals surface area contributed by atoms with Gasteiger partial charge in [0.25, 0.3) is 5.91 Å². The Labute approximate surface area is 152 Å². The van der Waals surface area contributed by atoms with Gasteiger partial charge in [0, 0.05) is 11.4 Å². The van der Waals surface area contributed by atoms with Gasteiger partial charge >= 0.3 is 0 Å². The fourth-order valence-electron chi connectivity index (χ4n) is 2.49. The lowest BCUT2D eigenvalue weighted by Gasteiger charge is -2.30. The maximum absolute atomic E-state index is 12.5. The van der Waals surface area contributed by atoms with E-state index in [-0.39, 0.29) is 25.0 Å². The zero-order valence-electron chi connectivity index (χ0n) is 14.0. The first kappa shape index (κ1) is 17.4. The molecule has 0 aliphatic carbocycles. The summed E-state index contributed by atoms with van der Waals surface area (Å²) in [4.78, 5) is 30.2. The molecule has 9 heteroatoms. The van der Waals surface area contributed by atoms with Crippen molar-refractivity contribution in [1.29, 1.82) is 0 Å². The summed E-state index contributed by atoms with van der Waals surface area (Å²) < 4.78 is 11.2. The van der Waals surface area contributed by atoms with Crippen LogP contribution >= 0.6 is 15.9 Å². The molecule has 0 atom stereocenters. The zero-order chi connectivity index (χ0) is 18.2. The first-order valence-corrected chi connectivity index (χ1v) is 8.40. The predicted molar refractivity (Wildman–Crippen MR) is 92.2 cm³/mol. The molecule has 25 heavy (non-hydrogen) atoms. The SMILES string of the molecule is Cc1nc(C(C)(C)NC(=O)CN2C(=O)COc3cc(Br)ccc32)no1. The molecule has 2 heterocycles. The average Bonchev–Trinajstić information content (AvgIpc) is 2.97. The van der Waals surface area contributed by atoms with Gasteiger partial charge in [0.1, 0.15) is 12.3 Å².